The van der Waals surface area contributed by atoms with Crippen molar-refractivity contribution in [3.05, 3.63) is 41.6 Å². The third-order valence-corrected chi connectivity index (χ3v) is 2.66. The molecule has 1 aromatic rings. The van der Waals surface area contributed by atoms with E-state index in [0.29, 0.717) is 0 Å². The van der Waals surface area contributed by atoms with Gasteiger partial charge in [0.1, 0.15) is 5.70 Å². The number of hydrogen-bond acceptors (Lipinski definition) is 2. The van der Waals surface area contributed by atoms with E-state index in [1.54, 1.807) is 6.08 Å². The van der Waals surface area contributed by atoms with E-state index >= 15 is 0 Å². The molecule has 0 radical (unpaired) electrons. The lowest BCUT2D eigenvalue weighted by atomic mass is 10.1. The first-order chi connectivity index (χ1) is 9.02. The van der Waals surface area contributed by atoms with Crippen LogP contribution in [0.25, 0.3) is 6.08 Å². The predicted octanol–water partition coefficient (Wildman–Crippen LogP) is 2.08. The predicted molar refractivity (Wildman–Crippen MR) is 76.1 cm³/mol. The number of carbonyl (C=O) groups is 2. The van der Waals surface area contributed by atoms with E-state index in [0.717, 1.165) is 12.0 Å². The Morgan fingerprint density at radius 1 is 1.26 bits per heavy atom. The standard InChI is InChI=1S/C15H20N2O2/c1-4-11(2)16-15(19)14(17-12(3)18)10-13-8-6-5-7-9-13/h5-11H,4H2,1-3H3,(H,16,19)(H,17,18)/b14-10+. The van der Waals surface area contributed by atoms with Gasteiger partial charge in [0.15, 0.2) is 0 Å². The second-order valence-corrected chi connectivity index (χ2v) is 4.43. The van der Waals surface area contributed by atoms with Crippen molar-refractivity contribution in [3.8, 4) is 0 Å². The van der Waals surface area contributed by atoms with Crippen molar-refractivity contribution in [1.29, 1.82) is 0 Å². The molecule has 1 atom stereocenters. The van der Waals surface area contributed by atoms with Crippen molar-refractivity contribution < 1.29 is 9.59 Å². The van der Waals surface area contributed by atoms with Gasteiger partial charge in [0.05, 0.1) is 0 Å². The molecular formula is C15H20N2O2. The fourth-order valence-corrected chi connectivity index (χ4v) is 1.47. The number of nitrogens with one attached hydrogen (secondary N) is 2. The van der Waals surface area contributed by atoms with Gasteiger partial charge in [-0.2, -0.15) is 0 Å². The Labute approximate surface area is 113 Å². The van der Waals surface area contributed by atoms with Crippen LogP contribution in [0.1, 0.15) is 32.8 Å². The average molecular weight is 260 g/mol. The molecule has 0 heterocycles. The number of carbonyl (C=O) groups excluding carboxylic acids is 2. The smallest absolute Gasteiger partial charge is 0.268 e. The molecule has 2 N–H and O–H groups in total. The monoisotopic (exact) mass is 260 g/mol. The second-order valence-electron chi connectivity index (χ2n) is 4.43. The topological polar surface area (TPSA) is 58.2 Å². The molecule has 0 saturated carbocycles. The van der Waals surface area contributed by atoms with Gasteiger partial charge in [0.2, 0.25) is 5.91 Å². The van der Waals surface area contributed by atoms with Crippen molar-refractivity contribution >= 4 is 17.9 Å². The molecule has 19 heavy (non-hydrogen) atoms. The quantitative estimate of drug-likeness (QED) is 0.796. The fourth-order valence-electron chi connectivity index (χ4n) is 1.47. The van der Waals surface area contributed by atoms with E-state index in [1.807, 2.05) is 44.2 Å². The molecule has 0 bridgehead atoms. The highest BCUT2D eigenvalue weighted by molar-refractivity contribution is 6.01. The summed E-state index contributed by atoms with van der Waals surface area (Å²) in [7, 11) is 0. The average Bonchev–Trinajstić information content (AvgIpc) is 2.38. The Kier molecular flexibility index (Phi) is 5.79. The molecule has 0 aromatic heterocycles. The summed E-state index contributed by atoms with van der Waals surface area (Å²) in [5.41, 5.74) is 1.13. The second kappa shape index (κ2) is 7.36. The molecule has 2 amide bonds. The molecule has 0 saturated heterocycles. The zero-order valence-corrected chi connectivity index (χ0v) is 11.6. The maximum atomic E-state index is 12.1. The lowest BCUT2D eigenvalue weighted by Gasteiger charge is -2.14. The number of rotatable bonds is 5. The van der Waals surface area contributed by atoms with Crippen LogP contribution in [0.2, 0.25) is 0 Å². The van der Waals surface area contributed by atoms with Gasteiger partial charge in [-0.3, -0.25) is 9.59 Å². The van der Waals surface area contributed by atoms with Crippen LogP contribution in [0.5, 0.6) is 0 Å². The van der Waals surface area contributed by atoms with Crippen LogP contribution in [0.4, 0.5) is 0 Å². The Morgan fingerprint density at radius 2 is 1.89 bits per heavy atom. The zero-order chi connectivity index (χ0) is 14.3. The number of hydrogen-bond donors (Lipinski definition) is 2. The van der Waals surface area contributed by atoms with Crippen LogP contribution in [0, 0.1) is 0 Å². The van der Waals surface area contributed by atoms with E-state index in [2.05, 4.69) is 10.6 Å². The third kappa shape index (κ3) is 5.38. The van der Waals surface area contributed by atoms with E-state index < -0.39 is 0 Å². The van der Waals surface area contributed by atoms with Crippen LogP contribution < -0.4 is 10.6 Å². The summed E-state index contributed by atoms with van der Waals surface area (Å²) in [4.78, 5) is 23.2. The summed E-state index contributed by atoms with van der Waals surface area (Å²) in [5, 5.41) is 5.40. The van der Waals surface area contributed by atoms with Gasteiger partial charge in [-0.25, -0.2) is 0 Å². The molecule has 4 heteroatoms. The molecule has 0 spiro atoms. The molecule has 102 valence electrons. The van der Waals surface area contributed by atoms with Crippen LogP contribution in [0.3, 0.4) is 0 Å². The molecule has 4 nitrogen and oxygen atoms in total. The van der Waals surface area contributed by atoms with Crippen LogP contribution in [-0.4, -0.2) is 17.9 Å². The molecular weight excluding hydrogens is 240 g/mol. The Hall–Kier alpha value is -2.10. The SMILES string of the molecule is CCC(C)NC(=O)/C(=C\c1ccccc1)NC(C)=O. The minimum Gasteiger partial charge on any atom is -0.348 e. The van der Waals surface area contributed by atoms with E-state index in [4.69, 9.17) is 0 Å². The van der Waals surface area contributed by atoms with E-state index in [9.17, 15) is 9.59 Å². The van der Waals surface area contributed by atoms with Crippen molar-refractivity contribution in [3.63, 3.8) is 0 Å². The van der Waals surface area contributed by atoms with Crippen LogP contribution in [-0.2, 0) is 9.59 Å². The van der Waals surface area contributed by atoms with Gasteiger partial charge in [-0.05, 0) is 25.0 Å². The Bertz CT molecular complexity index is 466. The summed E-state index contributed by atoms with van der Waals surface area (Å²) in [6.07, 6.45) is 2.50. The van der Waals surface area contributed by atoms with Crippen LogP contribution in [0.15, 0.2) is 36.0 Å². The van der Waals surface area contributed by atoms with Crippen molar-refractivity contribution in [2.24, 2.45) is 0 Å². The summed E-state index contributed by atoms with van der Waals surface area (Å²) in [6.45, 7) is 5.30. The number of amides is 2. The van der Waals surface area contributed by atoms with Gasteiger partial charge in [-0.1, -0.05) is 37.3 Å². The van der Waals surface area contributed by atoms with E-state index in [-0.39, 0.29) is 23.6 Å². The minimum atomic E-state index is -0.270. The largest absolute Gasteiger partial charge is 0.348 e. The molecule has 1 aromatic carbocycles. The molecule has 0 aliphatic heterocycles. The Morgan fingerprint density at radius 3 is 2.42 bits per heavy atom. The van der Waals surface area contributed by atoms with Gasteiger partial charge in [0, 0.05) is 13.0 Å². The Balaban J connectivity index is 2.91. The summed E-state index contributed by atoms with van der Waals surface area (Å²) in [6, 6.07) is 9.47. The number of benzene rings is 1. The third-order valence-electron chi connectivity index (χ3n) is 2.66. The van der Waals surface area contributed by atoms with Crippen molar-refractivity contribution in [2.75, 3.05) is 0 Å². The molecule has 0 aliphatic carbocycles. The highest BCUT2D eigenvalue weighted by atomic mass is 16.2. The van der Waals surface area contributed by atoms with E-state index in [1.165, 1.54) is 6.92 Å². The van der Waals surface area contributed by atoms with Gasteiger partial charge >= 0.3 is 0 Å². The minimum absolute atomic E-state index is 0.0698. The summed E-state index contributed by atoms with van der Waals surface area (Å²) >= 11 is 0. The first-order valence-corrected chi connectivity index (χ1v) is 6.38. The summed E-state index contributed by atoms with van der Waals surface area (Å²) in [5.74, 6) is -0.533. The van der Waals surface area contributed by atoms with Crippen molar-refractivity contribution in [2.45, 2.75) is 33.2 Å². The lowest BCUT2D eigenvalue weighted by molar-refractivity contribution is -0.122. The maximum absolute atomic E-state index is 12.1. The van der Waals surface area contributed by atoms with Gasteiger partial charge in [-0.15, -0.1) is 0 Å². The fraction of sp³-hybridized carbons (Fsp3) is 0.333. The highest BCUT2D eigenvalue weighted by Crippen LogP contribution is 2.05. The first kappa shape index (κ1) is 15.0. The normalized spacial score (nSPS) is 12.7. The van der Waals surface area contributed by atoms with Gasteiger partial charge in [0.25, 0.3) is 5.91 Å². The molecule has 1 rings (SSSR count). The first-order valence-electron chi connectivity index (χ1n) is 6.38. The molecule has 0 aliphatic rings. The van der Waals surface area contributed by atoms with Gasteiger partial charge < -0.3 is 10.6 Å². The summed E-state index contributed by atoms with van der Waals surface area (Å²) < 4.78 is 0. The highest BCUT2D eigenvalue weighted by Gasteiger charge is 2.12. The molecule has 0 fully saturated rings. The van der Waals surface area contributed by atoms with Crippen molar-refractivity contribution in [1.82, 2.24) is 10.6 Å². The maximum Gasteiger partial charge on any atom is 0.268 e. The van der Waals surface area contributed by atoms with Crippen LogP contribution >= 0.6 is 0 Å². The molecule has 1 unspecified atom stereocenters. The zero-order valence-electron chi connectivity index (χ0n) is 11.6. The lowest BCUT2D eigenvalue weighted by Crippen LogP contribution is -2.38.